The second-order valence-corrected chi connectivity index (χ2v) is 8.85. The first kappa shape index (κ1) is 20.3. The van der Waals surface area contributed by atoms with Crippen LogP contribution in [-0.2, 0) is 11.2 Å². The number of nitrogens with zero attached hydrogens (tertiary/aromatic N) is 2. The molecule has 1 heterocycles. The summed E-state index contributed by atoms with van der Waals surface area (Å²) in [6, 6.07) is 29.5. The maximum atomic E-state index is 14.2. The molecule has 3 nitrogen and oxygen atoms in total. The van der Waals surface area contributed by atoms with E-state index in [0.717, 1.165) is 34.4 Å². The van der Waals surface area contributed by atoms with Crippen molar-refractivity contribution in [2.75, 3.05) is 11.9 Å². The molecule has 0 bridgehead atoms. The van der Waals surface area contributed by atoms with Crippen molar-refractivity contribution in [2.24, 2.45) is 11.3 Å². The predicted octanol–water partition coefficient (Wildman–Crippen LogP) is 6.10. The SMILES string of the molecule is CCC(C#N)CC12Cc3ccccc3C(c3ccccc3)=C1c1ccccc1N(C)C2=O. The molecule has 2 aliphatic rings. The minimum absolute atomic E-state index is 0.0860. The summed E-state index contributed by atoms with van der Waals surface area (Å²) in [4.78, 5) is 16.0. The van der Waals surface area contributed by atoms with E-state index in [2.05, 4.69) is 54.6 Å². The van der Waals surface area contributed by atoms with Gasteiger partial charge in [-0.15, -0.1) is 0 Å². The minimum Gasteiger partial charge on any atom is -0.314 e. The van der Waals surface area contributed by atoms with Crippen LogP contribution in [0, 0.1) is 22.7 Å². The van der Waals surface area contributed by atoms with Crippen LogP contribution in [-0.4, -0.2) is 13.0 Å². The first-order chi connectivity index (χ1) is 15.6. The molecule has 0 fully saturated rings. The lowest BCUT2D eigenvalue weighted by Crippen LogP contribution is -2.50. The molecule has 0 radical (unpaired) electrons. The third-order valence-electron chi connectivity index (χ3n) is 7.09. The number of amides is 1. The lowest BCUT2D eigenvalue weighted by Gasteiger charge is -2.48. The van der Waals surface area contributed by atoms with Crippen LogP contribution in [0.3, 0.4) is 0 Å². The van der Waals surface area contributed by atoms with Gasteiger partial charge in [-0.25, -0.2) is 0 Å². The predicted molar refractivity (Wildman–Crippen MR) is 129 cm³/mol. The zero-order chi connectivity index (χ0) is 22.3. The summed E-state index contributed by atoms with van der Waals surface area (Å²) in [6.45, 7) is 2.04. The van der Waals surface area contributed by atoms with E-state index in [0.29, 0.717) is 12.8 Å². The number of para-hydroxylation sites is 1. The summed E-state index contributed by atoms with van der Waals surface area (Å²) < 4.78 is 0. The average Bonchev–Trinajstić information content (AvgIpc) is 2.85. The normalized spacial score (nSPS) is 20.2. The van der Waals surface area contributed by atoms with E-state index in [9.17, 15) is 10.1 Å². The molecule has 5 rings (SSSR count). The molecule has 2 unspecified atom stereocenters. The molecule has 0 saturated carbocycles. The summed E-state index contributed by atoms with van der Waals surface area (Å²) >= 11 is 0. The van der Waals surface area contributed by atoms with E-state index in [1.165, 1.54) is 11.1 Å². The molecular formula is C29H26N2O. The van der Waals surface area contributed by atoms with Crippen molar-refractivity contribution in [1.82, 2.24) is 0 Å². The van der Waals surface area contributed by atoms with Crippen LogP contribution in [0.1, 0.15) is 42.0 Å². The van der Waals surface area contributed by atoms with Gasteiger partial charge in [0.1, 0.15) is 0 Å². The summed E-state index contributed by atoms with van der Waals surface area (Å²) in [7, 11) is 1.87. The van der Waals surface area contributed by atoms with E-state index in [4.69, 9.17) is 0 Å². The molecule has 1 aliphatic carbocycles. The van der Waals surface area contributed by atoms with Crippen LogP contribution in [0.25, 0.3) is 11.1 Å². The maximum absolute atomic E-state index is 14.2. The summed E-state index contributed by atoms with van der Waals surface area (Å²) in [6.07, 6.45) is 1.87. The van der Waals surface area contributed by atoms with E-state index < -0.39 is 5.41 Å². The van der Waals surface area contributed by atoms with Crippen molar-refractivity contribution in [1.29, 1.82) is 5.26 Å². The van der Waals surface area contributed by atoms with Gasteiger partial charge in [0.15, 0.2) is 0 Å². The molecule has 2 atom stereocenters. The minimum atomic E-state index is -0.765. The Morgan fingerprint density at radius 2 is 1.62 bits per heavy atom. The first-order valence-electron chi connectivity index (χ1n) is 11.3. The van der Waals surface area contributed by atoms with E-state index >= 15 is 0 Å². The van der Waals surface area contributed by atoms with Gasteiger partial charge >= 0.3 is 0 Å². The quantitative estimate of drug-likeness (QED) is 0.513. The zero-order valence-electron chi connectivity index (χ0n) is 18.5. The summed E-state index contributed by atoms with van der Waals surface area (Å²) in [5.74, 6) is -0.0993. The summed E-state index contributed by atoms with van der Waals surface area (Å²) in [5.41, 5.74) is 6.92. The van der Waals surface area contributed by atoms with Crippen molar-refractivity contribution in [3.8, 4) is 6.07 Å². The van der Waals surface area contributed by atoms with Gasteiger partial charge in [0.2, 0.25) is 5.91 Å². The monoisotopic (exact) mass is 418 g/mol. The highest BCUT2D eigenvalue weighted by molar-refractivity contribution is 6.19. The Bertz CT molecular complexity index is 1270. The van der Waals surface area contributed by atoms with Gasteiger partial charge in [0, 0.05) is 18.5 Å². The maximum Gasteiger partial charge on any atom is 0.237 e. The molecule has 32 heavy (non-hydrogen) atoms. The molecule has 3 aromatic rings. The number of anilines is 1. The molecule has 1 aliphatic heterocycles. The van der Waals surface area contributed by atoms with E-state index in [-0.39, 0.29) is 11.8 Å². The molecule has 1 amide bonds. The van der Waals surface area contributed by atoms with Crippen LogP contribution in [0.5, 0.6) is 0 Å². The van der Waals surface area contributed by atoms with Crippen molar-refractivity contribution in [3.05, 3.63) is 101 Å². The Balaban J connectivity index is 1.93. The van der Waals surface area contributed by atoms with Crippen molar-refractivity contribution < 1.29 is 4.79 Å². The fourth-order valence-electron chi connectivity index (χ4n) is 5.56. The highest BCUT2D eigenvalue weighted by Gasteiger charge is 2.53. The topological polar surface area (TPSA) is 44.1 Å². The lowest BCUT2D eigenvalue weighted by molar-refractivity contribution is -0.126. The van der Waals surface area contributed by atoms with Gasteiger partial charge in [-0.2, -0.15) is 5.26 Å². The van der Waals surface area contributed by atoms with Gasteiger partial charge in [-0.05, 0) is 53.2 Å². The molecule has 3 heteroatoms. The standard InChI is InChI=1S/C29H26N2O/c1-3-20(19-30)17-29-18-22-13-7-8-14-23(22)26(21-11-5-4-6-12-21)27(29)24-15-9-10-16-25(24)31(2)28(29)32/h4-16,20H,3,17-18H2,1-2H3. The Kier molecular flexibility index (Phi) is 4.94. The number of fused-ring (bicyclic) bond motifs is 4. The van der Waals surface area contributed by atoms with E-state index in [1.807, 2.05) is 44.3 Å². The molecule has 158 valence electrons. The van der Waals surface area contributed by atoms with Gasteiger partial charge in [-0.3, -0.25) is 4.79 Å². The lowest BCUT2D eigenvalue weighted by atomic mass is 9.59. The number of benzene rings is 3. The van der Waals surface area contributed by atoms with Crippen LogP contribution in [0.15, 0.2) is 78.9 Å². The van der Waals surface area contributed by atoms with E-state index in [1.54, 1.807) is 4.90 Å². The van der Waals surface area contributed by atoms with Gasteiger partial charge in [0.05, 0.1) is 17.2 Å². The Labute approximate surface area is 189 Å². The molecule has 0 spiro atoms. The number of hydrogen-bond donors (Lipinski definition) is 0. The fraction of sp³-hybridized carbons (Fsp3) is 0.241. The van der Waals surface area contributed by atoms with Gasteiger partial charge in [-0.1, -0.05) is 79.7 Å². The smallest absolute Gasteiger partial charge is 0.237 e. The average molecular weight is 419 g/mol. The Hall–Kier alpha value is -3.64. The third kappa shape index (κ3) is 2.91. The Morgan fingerprint density at radius 1 is 0.969 bits per heavy atom. The fourth-order valence-corrected chi connectivity index (χ4v) is 5.56. The van der Waals surface area contributed by atoms with Crippen LogP contribution >= 0.6 is 0 Å². The van der Waals surface area contributed by atoms with Crippen molar-refractivity contribution in [3.63, 3.8) is 0 Å². The number of hydrogen-bond acceptors (Lipinski definition) is 2. The molecule has 0 aromatic heterocycles. The molecule has 0 saturated heterocycles. The largest absolute Gasteiger partial charge is 0.314 e. The first-order valence-corrected chi connectivity index (χ1v) is 11.3. The van der Waals surface area contributed by atoms with Crippen LogP contribution in [0.2, 0.25) is 0 Å². The third-order valence-corrected chi connectivity index (χ3v) is 7.09. The van der Waals surface area contributed by atoms with Crippen molar-refractivity contribution >= 4 is 22.7 Å². The number of nitriles is 1. The molecule has 3 aromatic carbocycles. The van der Waals surface area contributed by atoms with Crippen LogP contribution < -0.4 is 4.90 Å². The second kappa shape index (κ2) is 7.80. The molecule has 0 N–H and O–H groups in total. The number of carbonyl (C=O) groups is 1. The highest BCUT2D eigenvalue weighted by Crippen LogP contribution is 2.58. The van der Waals surface area contributed by atoms with Crippen molar-refractivity contribution in [2.45, 2.75) is 26.2 Å². The number of rotatable bonds is 4. The second-order valence-electron chi connectivity index (χ2n) is 8.85. The summed E-state index contributed by atoms with van der Waals surface area (Å²) in [5, 5.41) is 9.88. The number of carbonyl (C=O) groups excluding carboxylic acids is 1. The Morgan fingerprint density at radius 3 is 2.34 bits per heavy atom. The van der Waals surface area contributed by atoms with Crippen LogP contribution in [0.4, 0.5) is 5.69 Å². The van der Waals surface area contributed by atoms with Gasteiger partial charge in [0.25, 0.3) is 0 Å². The van der Waals surface area contributed by atoms with Gasteiger partial charge < -0.3 is 4.90 Å². The molecular weight excluding hydrogens is 392 g/mol. The zero-order valence-corrected chi connectivity index (χ0v) is 18.5. The highest BCUT2D eigenvalue weighted by atomic mass is 16.2.